The van der Waals surface area contributed by atoms with Crippen molar-refractivity contribution in [2.75, 3.05) is 36.5 Å². The van der Waals surface area contributed by atoms with Gasteiger partial charge >= 0.3 is 0 Å². The second kappa shape index (κ2) is 10.3. The normalized spacial score (nSPS) is 21.0. The summed E-state index contributed by atoms with van der Waals surface area (Å²) in [7, 11) is 0. The summed E-state index contributed by atoms with van der Waals surface area (Å²) >= 11 is 0. The highest BCUT2D eigenvalue weighted by Crippen LogP contribution is 2.29. The van der Waals surface area contributed by atoms with E-state index in [-0.39, 0.29) is 30.7 Å². The van der Waals surface area contributed by atoms with Gasteiger partial charge in [0.05, 0.1) is 6.61 Å². The van der Waals surface area contributed by atoms with Crippen molar-refractivity contribution in [3.8, 4) is 0 Å². The molecule has 6 N–H and O–H groups in total. The molecule has 2 heterocycles. The Balaban J connectivity index is 1.49. The Kier molecular flexibility index (Phi) is 7.25. The number of rotatable bonds is 7. The summed E-state index contributed by atoms with van der Waals surface area (Å²) < 4.78 is 5.49. The van der Waals surface area contributed by atoms with Gasteiger partial charge in [-0.1, -0.05) is 12.1 Å². The van der Waals surface area contributed by atoms with Crippen LogP contribution in [0.4, 0.5) is 11.4 Å². The fourth-order valence-corrected chi connectivity index (χ4v) is 4.44. The molecule has 2 aromatic carbocycles. The molecule has 0 aromatic heterocycles. The first-order valence-corrected chi connectivity index (χ1v) is 11.5. The van der Waals surface area contributed by atoms with Crippen molar-refractivity contribution in [3.63, 3.8) is 0 Å². The first-order valence-electron chi connectivity index (χ1n) is 11.5. The van der Waals surface area contributed by atoms with E-state index in [9.17, 15) is 19.5 Å². The number of carbonyl (C=O) groups is 3. The first-order chi connectivity index (χ1) is 16.8. The molecule has 0 spiro atoms. The standard InChI is InChI=1S/C25H29N5O5/c1-14-18(20(31)16-9-10-28-13-16)3-2-4-19(14)30-11-12-35-22(25(30)34)21(32)24(33)29-17-7-5-15(6-8-17)23(26)27/h2-8,16,21-22,28,32H,9-13H2,1H3,(H3,26,27)(H,29,33)/t16-,21?,22-/m1/s1. The van der Waals surface area contributed by atoms with Crippen molar-refractivity contribution in [2.45, 2.75) is 25.6 Å². The summed E-state index contributed by atoms with van der Waals surface area (Å²) in [6.45, 7) is 3.61. The van der Waals surface area contributed by atoms with Crippen molar-refractivity contribution >= 4 is 34.8 Å². The average molecular weight is 480 g/mol. The van der Waals surface area contributed by atoms with Gasteiger partial charge in [0.15, 0.2) is 18.0 Å². The van der Waals surface area contributed by atoms with Gasteiger partial charge in [0.1, 0.15) is 5.84 Å². The highest BCUT2D eigenvalue weighted by molar-refractivity contribution is 6.06. The zero-order valence-corrected chi connectivity index (χ0v) is 19.4. The van der Waals surface area contributed by atoms with Crippen LogP contribution in [0, 0.1) is 18.3 Å². The molecule has 1 unspecified atom stereocenters. The summed E-state index contributed by atoms with van der Waals surface area (Å²) in [4.78, 5) is 40.4. The Hall–Kier alpha value is -3.60. The Morgan fingerprint density at radius 2 is 2.00 bits per heavy atom. The third kappa shape index (κ3) is 5.09. The van der Waals surface area contributed by atoms with E-state index >= 15 is 0 Å². The zero-order chi connectivity index (χ0) is 25.1. The highest BCUT2D eigenvalue weighted by atomic mass is 16.5. The lowest BCUT2D eigenvalue weighted by Crippen LogP contribution is -2.55. The van der Waals surface area contributed by atoms with Crippen molar-refractivity contribution < 1.29 is 24.2 Å². The number of anilines is 2. The number of carbonyl (C=O) groups excluding carboxylic acids is 3. The first kappa shape index (κ1) is 24.5. The molecular weight excluding hydrogens is 450 g/mol. The predicted octanol–water partition coefficient (Wildman–Crippen LogP) is 0.803. The summed E-state index contributed by atoms with van der Waals surface area (Å²) in [5.74, 6) is -1.50. The van der Waals surface area contributed by atoms with Crippen LogP contribution in [-0.4, -0.2) is 67.0 Å². The summed E-state index contributed by atoms with van der Waals surface area (Å²) in [6, 6.07) is 11.5. The van der Waals surface area contributed by atoms with Crippen molar-refractivity contribution in [3.05, 3.63) is 59.2 Å². The van der Waals surface area contributed by atoms with Gasteiger partial charge < -0.3 is 31.1 Å². The number of amides is 2. The lowest BCUT2D eigenvalue weighted by molar-refractivity contribution is -0.150. The summed E-state index contributed by atoms with van der Waals surface area (Å²) in [5, 5.41) is 23.8. The Bertz CT molecular complexity index is 1140. The SMILES string of the molecule is Cc1c(C(=O)[C@@H]2CCNC2)cccc1N1CCO[C@H](C(O)C(=O)Nc2ccc(C(=N)N)cc2)C1=O. The molecule has 0 bridgehead atoms. The maximum atomic E-state index is 13.3. The third-order valence-electron chi connectivity index (χ3n) is 6.43. The van der Waals surface area contributed by atoms with E-state index in [1.54, 1.807) is 49.4 Å². The topological polar surface area (TPSA) is 158 Å². The van der Waals surface area contributed by atoms with Crippen molar-refractivity contribution in [2.24, 2.45) is 11.7 Å². The quantitative estimate of drug-likeness (QED) is 0.223. The third-order valence-corrected chi connectivity index (χ3v) is 6.43. The average Bonchev–Trinajstić information content (AvgIpc) is 3.39. The number of hydrogen-bond donors (Lipinski definition) is 5. The van der Waals surface area contributed by atoms with Crippen LogP contribution < -0.4 is 21.3 Å². The van der Waals surface area contributed by atoms with Crippen LogP contribution in [0.2, 0.25) is 0 Å². The van der Waals surface area contributed by atoms with E-state index in [0.717, 1.165) is 13.0 Å². The van der Waals surface area contributed by atoms with Crippen LogP contribution in [0.3, 0.4) is 0 Å². The molecule has 0 saturated carbocycles. The van der Waals surface area contributed by atoms with E-state index in [2.05, 4.69) is 10.6 Å². The Labute approximate surface area is 202 Å². The molecule has 4 rings (SSSR count). The van der Waals surface area contributed by atoms with Gasteiger partial charge in [0.25, 0.3) is 11.8 Å². The smallest absolute Gasteiger partial charge is 0.259 e. The molecule has 10 nitrogen and oxygen atoms in total. The molecule has 2 aliphatic rings. The maximum Gasteiger partial charge on any atom is 0.259 e. The highest BCUT2D eigenvalue weighted by Gasteiger charge is 2.40. The van der Waals surface area contributed by atoms with Crippen LogP contribution in [0.1, 0.15) is 27.9 Å². The monoisotopic (exact) mass is 479 g/mol. The molecule has 2 aromatic rings. The molecular formula is C25H29N5O5. The van der Waals surface area contributed by atoms with Crippen LogP contribution in [-0.2, 0) is 14.3 Å². The fraction of sp³-hybridized carbons (Fsp3) is 0.360. The van der Waals surface area contributed by atoms with Gasteiger partial charge in [-0.25, -0.2) is 0 Å². The summed E-state index contributed by atoms with van der Waals surface area (Å²) in [6.07, 6.45) is -2.36. The van der Waals surface area contributed by atoms with Crippen LogP contribution in [0.15, 0.2) is 42.5 Å². The van der Waals surface area contributed by atoms with Gasteiger partial charge in [0.2, 0.25) is 0 Å². The van der Waals surface area contributed by atoms with Gasteiger partial charge in [-0.15, -0.1) is 0 Å². The van der Waals surface area contributed by atoms with Crippen molar-refractivity contribution in [1.82, 2.24) is 5.32 Å². The molecule has 3 atom stereocenters. The van der Waals surface area contributed by atoms with Crippen LogP contribution in [0.25, 0.3) is 0 Å². The van der Waals surface area contributed by atoms with Crippen molar-refractivity contribution in [1.29, 1.82) is 5.41 Å². The van der Waals surface area contributed by atoms with E-state index < -0.39 is 24.0 Å². The Morgan fingerprint density at radius 3 is 2.66 bits per heavy atom. The number of ether oxygens (including phenoxy) is 1. The number of Topliss-reactive ketones (excluding diaryl/α,β-unsaturated/α-hetero) is 1. The zero-order valence-electron chi connectivity index (χ0n) is 19.4. The number of nitrogens with zero attached hydrogens (tertiary/aromatic N) is 1. The number of ketones is 1. The number of amidine groups is 1. The molecule has 10 heteroatoms. The van der Waals surface area contributed by atoms with Gasteiger partial charge in [-0.05, 0) is 55.8 Å². The minimum absolute atomic E-state index is 0.0433. The molecule has 2 saturated heterocycles. The molecule has 2 aliphatic heterocycles. The molecule has 2 fully saturated rings. The number of hydrogen-bond acceptors (Lipinski definition) is 7. The number of nitrogens with one attached hydrogen (secondary N) is 3. The lowest BCUT2D eigenvalue weighted by Gasteiger charge is -2.35. The fourth-order valence-electron chi connectivity index (χ4n) is 4.44. The Morgan fingerprint density at radius 1 is 1.26 bits per heavy atom. The number of nitrogen functional groups attached to an aromatic ring is 1. The van der Waals surface area contributed by atoms with Gasteiger partial charge in [-0.2, -0.15) is 0 Å². The second-order valence-corrected chi connectivity index (χ2v) is 8.71. The number of nitrogens with two attached hydrogens (primary N) is 1. The molecule has 184 valence electrons. The van der Waals surface area contributed by atoms with E-state index in [1.807, 2.05) is 0 Å². The predicted molar refractivity (Wildman–Crippen MR) is 131 cm³/mol. The maximum absolute atomic E-state index is 13.3. The van der Waals surface area contributed by atoms with Gasteiger partial charge in [-0.3, -0.25) is 19.8 Å². The van der Waals surface area contributed by atoms with E-state index in [1.165, 1.54) is 4.90 Å². The minimum Gasteiger partial charge on any atom is -0.384 e. The molecule has 0 aliphatic carbocycles. The summed E-state index contributed by atoms with van der Waals surface area (Å²) in [5.41, 5.74) is 8.11. The minimum atomic E-state index is -1.74. The van der Waals surface area contributed by atoms with E-state index in [4.69, 9.17) is 15.9 Å². The largest absolute Gasteiger partial charge is 0.384 e. The number of aliphatic hydroxyl groups excluding tert-OH is 1. The number of morpholine rings is 1. The van der Waals surface area contributed by atoms with Gasteiger partial charge in [0, 0.05) is 41.5 Å². The molecule has 2 amide bonds. The number of aliphatic hydroxyl groups is 1. The van der Waals surface area contributed by atoms with Crippen LogP contribution in [0.5, 0.6) is 0 Å². The lowest BCUT2D eigenvalue weighted by atomic mass is 9.92. The van der Waals surface area contributed by atoms with Crippen LogP contribution >= 0.6 is 0 Å². The number of benzene rings is 2. The molecule has 35 heavy (non-hydrogen) atoms. The second-order valence-electron chi connectivity index (χ2n) is 8.71. The molecule has 0 radical (unpaired) electrons. The van der Waals surface area contributed by atoms with E-state index in [0.29, 0.717) is 34.6 Å².